The van der Waals surface area contributed by atoms with Gasteiger partial charge in [-0.15, -0.1) is 0 Å². The fraction of sp³-hybridized carbons (Fsp3) is 0.476. The van der Waals surface area contributed by atoms with Crippen molar-refractivity contribution in [2.24, 2.45) is 5.41 Å². The summed E-state index contributed by atoms with van der Waals surface area (Å²) in [4.78, 5) is 25.4. The van der Waals surface area contributed by atoms with Gasteiger partial charge in [-0.2, -0.15) is 23.0 Å². The van der Waals surface area contributed by atoms with E-state index < -0.39 is 41.0 Å². The van der Waals surface area contributed by atoms with Crippen LogP contribution in [0.4, 0.5) is 22.4 Å². The van der Waals surface area contributed by atoms with E-state index in [-0.39, 0.29) is 17.8 Å². The molecule has 0 radical (unpaired) electrons. The van der Waals surface area contributed by atoms with E-state index in [4.69, 9.17) is 0 Å². The number of hydrogen-bond donors (Lipinski definition) is 3. The van der Waals surface area contributed by atoms with Crippen molar-refractivity contribution in [2.45, 2.75) is 46.0 Å². The highest BCUT2D eigenvalue weighted by Crippen LogP contribution is 2.35. The molecule has 32 heavy (non-hydrogen) atoms. The lowest BCUT2D eigenvalue weighted by Crippen LogP contribution is -2.54. The van der Waals surface area contributed by atoms with Gasteiger partial charge in [0, 0.05) is 37.7 Å². The lowest BCUT2D eigenvalue weighted by molar-refractivity contribution is -0.137. The molecule has 0 fully saturated rings. The summed E-state index contributed by atoms with van der Waals surface area (Å²) in [6.07, 6.45) is -4.30. The Morgan fingerprint density at radius 1 is 1.22 bits per heavy atom. The number of amides is 2. The standard InChI is InChI=1S/C21H25F4N5O2/c1-20(2,3)17(18(31)26-4)28-19(32)30-15-7-8-27-10-13(15)16(29-30)12-9-11(21(23,24)25)5-6-14(12)22/h5-6,9,17,27H,7-8,10H2,1-4H3,(H,26,31)(H,28,32)/t17-/m1/s1. The van der Waals surface area contributed by atoms with Crippen LogP contribution < -0.4 is 16.0 Å². The number of carbonyl (C=O) groups is 2. The van der Waals surface area contributed by atoms with E-state index in [1.54, 1.807) is 20.8 Å². The number of benzene rings is 1. The van der Waals surface area contributed by atoms with E-state index in [2.05, 4.69) is 21.0 Å². The first-order valence-electron chi connectivity index (χ1n) is 10.1. The highest BCUT2D eigenvalue weighted by Gasteiger charge is 2.35. The van der Waals surface area contributed by atoms with Crippen molar-refractivity contribution < 1.29 is 27.2 Å². The zero-order valence-corrected chi connectivity index (χ0v) is 18.2. The maximum atomic E-state index is 14.6. The molecule has 0 saturated heterocycles. The van der Waals surface area contributed by atoms with Gasteiger partial charge < -0.3 is 16.0 Å². The van der Waals surface area contributed by atoms with Crippen LogP contribution in [-0.4, -0.2) is 41.4 Å². The molecule has 0 spiro atoms. The molecule has 2 amide bonds. The largest absolute Gasteiger partial charge is 0.416 e. The zero-order chi connectivity index (χ0) is 23.8. The minimum Gasteiger partial charge on any atom is -0.357 e. The molecule has 2 heterocycles. The van der Waals surface area contributed by atoms with Crippen LogP contribution in [-0.2, 0) is 23.9 Å². The number of rotatable bonds is 3. The van der Waals surface area contributed by atoms with Gasteiger partial charge in [-0.3, -0.25) is 4.79 Å². The Morgan fingerprint density at radius 2 is 1.91 bits per heavy atom. The van der Waals surface area contributed by atoms with Gasteiger partial charge in [0.15, 0.2) is 0 Å². The second-order valence-corrected chi connectivity index (χ2v) is 8.67. The third-order valence-corrected chi connectivity index (χ3v) is 5.31. The van der Waals surface area contributed by atoms with Crippen LogP contribution in [0, 0.1) is 11.2 Å². The number of fused-ring (bicyclic) bond motifs is 1. The van der Waals surface area contributed by atoms with Crippen LogP contribution in [0.5, 0.6) is 0 Å². The molecule has 3 N–H and O–H groups in total. The number of halogens is 4. The molecule has 0 saturated carbocycles. The zero-order valence-electron chi connectivity index (χ0n) is 18.2. The van der Waals surface area contributed by atoms with Gasteiger partial charge in [0.1, 0.15) is 17.6 Å². The molecule has 1 aliphatic heterocycles. The Hall–Kier alpha value is -2.95. The van der Waals surface area contributed by atoms with Gasteiger partial charge in [0.05, 0.1) is 11.3 Å². The molecule has 3 rings (SSSR count). The first kappa shape index (κ1) is 23.7. The second kappa shape index (κ2) is 8.53. The molecule has 0 unspecified atom stereocenters. The van der Waals surface area contributed by atoms with Gasteiger partial charge in [-0.25, -0.2) is 9.18 Å². The van der Waals surface area contributed by atoms with Crippen LogP contribution in [0.3, 0.4) is 0 Å². The predicted octanol–water partition coefficient (Wildman–Crippen LogP) is 3.07. The summed E-state index contributed by atoms with van der Waals surface area (Å²) in [5.41, 5.74) is -1.13. The van der Waals surface area contributed by atoms with E-state index in [1.165, 1.54) is 7.05 Å². The third-order valence-electron chi connectivity index (χ3n) is 5.31. The first-order valence-corrected chi connectivity index (χ1v) is 10.1. The molecule has 11 heteroatoms. The van der Waals surface area contributed by atoms with E-state index >= 15 is 0 Å². The molecule has 1 aliphatic rings. The summed E-state index contributed by atoms with van der Waals surface area (Å²) < 4.78 is 55.1. The Morgan fingerprint density at radius 3 is 2.50 bits per heavy atom. The minimum absolute atomic E-state index is 0.0433. The molecule has 2 aromatic rings. The maximum Gasteiger partial charge on any atom is 0.416 e. The number of alkyl halides is 3. The third kappa shape index (κ3) is 4.62. The van der Waals surface area contributed by atoms with Gasteiger partial charge in [0.2, 0.25) is 5.91 Å². The normalized spacial score (nSPS) is 15.1. The molecule has 7 nitrogen and oxygen atoms in total. The predicted molar refractivity (Wildman–Crippen MR) is 109 cm³/mol. The molecular weight excluding hydrogens is 430 g/mol. The number of aromatic nitrogens is 2. The van der Waals surface area contributed by atoms with Gasteiger partial charge in [-0.05, 0) is 23.6 Å². The van der Waals surface area contributed by atoms with Crippen LogP contribution in [0.2, 0.25) is 0 Å². The summed E-state index contributed by atoms with van der Waals surface area (Å²) in [6, 6.07) is 0.476. The highest BCUT2D eigenvalue weighted by atomic mass is 19.4. The van der Waals surface area contributed by atoms with Crippen molar-refractivity contribution >= 4 is 11.9 Å². The number of carbonyl (C=O) groups excluding carboxylic acids is 2. The Labute approximate surface area is 182 Å². The van der Waals surface area contributed by atoms with Crippen molar-refractivity contribution in [1.29, 1.82) is 0 Å². The topological polar surface area (TPSA) is 88.1 Å². The molecule has 174 valence electrons. The number of hydrogen-bond acceptors (Lipinski definition) is 4. The molecule has 1 aromatic heterocycles. The van der Waals surface area contributed by atoms with Gasteiger partial charge in [-0.1, -0.05) is 20.8 Å². The monoisotopic (exact) mass is 455 g/mol. The molecule has 0 bridgehead atoms. The number of nitrogens with zero attached hydrogens (tertiary/aromatic N) is 2. The van der Waals surface area contributed by atoms with E-state index in [9.17, 15) is 27.2 Å². The minimum atomic E-state index is -4.66. The first-order chi connectivity index (χ1) is 14.8. The maximum absolute atomic E-state index is 14.6. The smallest absolute Gasteiger partial charge is 0.357 e. The fourth-order valence-electron chi connectivity index (χ4n) is 3.62. The Bertz CT molecular complexity index is 1040. The van der Waals surface area contributed by atoms with E-state index in [0.717, 1.165) is 10.7 Å². The van der Waals surface area contributed by atoms with Crippen molar-refractivity contribution in [2.75, 3.05) is 13.6 Å². The van der Waals surface area contributed by atoms with Crippen LogP contribution >= 0.6 is 0 Å². The number of likely N-dealkylation sites (N-methyl/N-ethyl adjacent to an activating group) is 1. The van der Waals surface area contributed by atoms with Crippen LogP contribution in [0.25, 0.3) is 11.3 Å². The Balaban J connectivity index is 2.08. The van der Waals surface area contributed by atoms with Crippen molar-refractivity contribution in [3.8, 4) is 11.3 Å². The number of nitrogens with one attached hydrogen (secondary N) is 3. The Kier molecular flexibility index (Phi) is 6.32. The molecule has 0 aliphatic carbocycles. The van der Waals surface area contributed by atoms with Crippen molar-refractivity contribution in [1.82, 2.24) is 25.7 Å². The average molecular weight is 455 g/mol. The highest BCUT2D eigenvalue weighted by molar-refractivity contribution is 5.88. The average Bonchev–Trinajstić information content (AvgIpc) is 3.09. The lowest BCUT2D eigenvalue weighted by atomic mass is 9.86. The van der Waals surface area contributed by atoms with Crippen molar-refractivity contribution in [3.05, 3.63) is 40.8 Å². The van der Waals surface area contributed by atoms with Gasteiger partial charge in [0.25, 0.3) is 0 Å². The summed E-state index contributed by atoms with van der Waals surface area (Å²) in [6.45, 7) is 6.05. The quantitative estimate of drug-likeness (QED) is 0.621. The van der Waals surface area contributed by atoms with Gasteiger partial charge >= 0.3 is 12.2 Å². The summed E-state index contributed by atoms with van der Waals surface area (Å²) >= 11 is 0. The second-order valence-electron chi connectivity index (χ2n) is 8.67. The summed E-state index contributed by atoms with van der Waals surface area (Å²) in [5, 5.41) is 12.4. The SMILES string of the molecule is CNC(=O)[C@@H](NC(=O)n1nc(-c2cc(C(F)(F)F)ccc2F)c2c1CCNC2)C(C)(C)C. The van der Waals surface area contributed by atoms with E-state index in [1.807, 2.05) is 0 Å². The molecular formula is C21H25F4N5O2. The van der Waals surface area contributed by atoms with Crippen LogP contribution in [0.15, 0.2) is 18.2 Å². The summed E-state index contributed by atoms with van der Waals surface area (Å²) in [7, 11) is 1.45. The molecule has 1 aromatic carbocycles. The fourth-order valence-corrected chi connectivity index (χ4v) is 3.62. The van der Waals surface area contributed by atoms with Crippen LogP contribution in [0.1, 0.15) is 37.6 Å². The lowest BCUT2D eigenvalue weighted by Gasteiger charge is -2.29. The molecule has 1 atom stereocenters. The van der Waals surface area contributed by atoms with Crippen molar-refractivity contribution in [3.63, 3.8) is 0 Å². The van der Waals surface area contributed by atoms with E-state index in [0.29, 0.717) is 36.4 Å². The summed E-state index contributed by atoms with van der Waals surface area (Å²) in [5.74, 6) is -1.29.